The van der Waals surface area contributed by atoms with Crippen molar-refractivity contribution in [2.75, 3.05) is 19.7 Å². The van der Waals surface area contributed by atoms with Crippen molar-refractivity contribution >= 4 is 11.8 Å². The van der Waals surface area contributed by atoms with Crippen LogP contribution in [0.1, 0.15) is 38.3 Å². The quantitative estimate of drug-likeness (QED) is 0.771. The predicted octanol–water partition coefficient (Wildman–Crippen LogP) is 2.79. The van der Waals surface area contributed by atoms with E-state index >= 15 is 0 Å². The van der Waals surface area contributed by atoms with Crippen LogP contribution in [0.3, 0.4) is 0 Å². The van der Waals surface area contributed by atoms with Gasteiger partial charge in [0.05, 0.1) is 6.04 Å². The minimum absolute atomic E-state index is 0.00673. The number of ether oxygens (including phenoxy) is 1. The minimum atomic E-state index is -0.638. The number of morpholine rings is 1. The summed E-state index contributed by atoms with van der Waals surface area (Å²) in [5, 5.41) is 0. The summed E-state index contributed by atoms with van der Waals surface area (Å²) in [6.07, 6.45) is 5.94. The van der Waals surface area contributed by atoms with Crippen LogP contribution in [0.2, 0.25) is 0 Å². The Morgan fingerprint density at radius 3 is 2.30 bits per heavy atom. The van der Waals surface area contributed by atoms with Gasteiger partial charge in [0.1, 0.15) is 6.61 Å². The lowest BCUT2D eigenvalue weighted by molar-refractivity contribution is -0.171. The third-order valence-corrected chi connectivity index (χ3v) is 6.13. The maximum absolute atomic E-state index is 13.4. The van der Waals surface area contributed by atoms with Crippen molar-refractivity contribution in [2.45, 2.75) is 44.9 Å². The molecule has 4 atom stereocenters. The van der Waals surface area contributed by atoms with Crippen molar-refractivity contribution in [1.29, 1.82) is 0 Å². The normalized spacial score (nSPS) is 30.7. The standard InChI is InChI=1S/C22H28N2O3/c1-15(2)24-19(25)14-27-21(20(24)16-8-4-3-5-9-16)22(26)23-12-17-10-6-7-11-18(17)13-23/h3-9,15,17-18,20-21H,10-14H2,1-2H3/t17-,18+,20-,21+/m1/s1. The molecule has 2 aliphatic heterocycles. The Kier molecular flexibility index (Phi) is 5.04. The van der Waals surface area contributed by atoms with E-state index in [0.29, 0.717) is 11.8 Å². The van der Waals surface area contributed by atoms with E-state index in [0.717, 1.165) is 31.5 Å². The van der Waals surface area contributed by atoms with Gasteiger partial charge in [0.2, 0.25) is 5.91 Å². The molecule has 0 aromatic heterocycles. The molecule has 1 aromatic carbocycles. The van der Waals surface area contributed by atoms with E-state index in [-0.39, 0.29) is 30.5 Å². The molecule has 2 heterocycles. The lowest BCUT2D eigenvalue weighted by atomic mass is 9.86. The molecule has 0 bridgehead atoms. The molecule has 5 nitrogen and oxygen atoms in total. The zero-order valence-electron chi connectivity index (χ0n) is 16.1. The van der Waals surface area contributed by atoms with E-state index in [2.05, 4.69) is 12.2 Å². The fourth-order valence-corrected chi connectivity index (χ4v) is 4.80. The van der Waals surface area contributed by atoms with Gasteiger partial charge in [0.15, 0.2) is 6.10 Å². The number of rotatable bonds is 3. The fourth-order valence-electron chi connectivity index (χ4n) is 4.80. The van der Waals surface area contributed by atoms with E-state index in [9.17, 15) is 9.59 Å². The van der Waals surface area contributed by atoms with Gasteiger partial charge in [-0.15, -0.1) is 0 Å². The summed E-state index contributed by atoms with van der Waals surface area (Å²) >= 11 is 0. The van der Waals surface area contributed by atoms with Gasteiger partial charge >= 0.3 is 0 Å². The average molecular weight is 368 g/mol. The molecule has 0 unspecified atom stereocenters. The summed E-state index contributed by atoms with van der Waals surface area (Å²) in [5.74, 6) is 1.08. The molecular formula is C22H28N2O3. The second-order valence-electron chi connectivity index (χ2n) is 8.19. The number of amides is 2. The van der Waals surface area contributed by atoms with Gasteiger partial charge in [-0.3, -0.25) is 9.59 Å². The van der Waals surface area contributed by atoms with Crippen molar-refractivity contribution in [3.05, 3.63) is 48.0 Å². The number of hydrogen-bond acceptors (Lipinski definition) is 3. The Labute approximate surface area is 161 Å². The van der Waals surface area contributed by atoms with Crippen LogP contribution in [0.25, 0.3) is 0 Å². The summed E-state index contributed by atoms with van der Waals surface area (Å²) < 4.78 is 5.87. The van der Waals surface area contributed by atoms with E-state index in [1.807, 2.05) is 54.0 Å². The third-order valence-electron chi connectivity index (χ3n) is 6.13. The SMILES string of the molecule is CC(C)N1C(=O)CO[C@H](C(=O)N2C[C@H]3CC=CC[C@H]3C2)[C@H]1c1ccccc1. The Morgan fingerprint density at radius 2 is 1.70 bits per heavy atom. The first kappa shape index (κ1) is 18.2. The van der Waals surface area contributed by atoms with Crippen LogP contribution < -0.4 is 0 Å². The second-order valence-corrected chi connectivity index (χ2v) is 8.19. The van der Waals surface area contributed by atoms with Crippen LogP contribution in [0.15, 0.2) is 42.5 Å². The molecule has 1 aliphatic carbocycles. The number of likely N-dealkylation sites (tertiary alicyclic amines) is 1. The van der Waals surface area contributed by atoms with Crippen molar-refractivity contribution in [1.82, 2.24) is 9.80 Å². The summed E-state index contributed by atoms with van der Waals surface area (Å²) in [5.41, 5.74) is 0.955. The molecule has 27 heavy (non-hydrogen) atoms. The van der Waals surface area contributed by atoms with Crippen molar-refractivity contribution in [2.24, 2.45) is 11.8 Å². The molecule has 0 spiro atoms. The third kappa shape index (κ3) is 3.41. The molecule has 2 saturated heterocycles. The molecular weight excluding hydrogens is 340 g/mol. The molecule has 2 amide bonds. The van der Waals surface area contributed by atoms with Gasteiger partial charge in [0, 0.05) is 19.1 Å². The molecule has 1 aromatic rings. The maximum Gasteiger partial charge on any atom is 0.254 e. The summed E-state index contributed by atoms with van der Waals surface area (Å²) in [6.45, 7) is 5.56. The van der Waals surface area contributed by atoms with E-state index in [1.165, 1.54) is 0 Å². The first-order chi connectivity index (χ1) is 13.1. The van der Waals surface area contributed by atoms with Crippen LogP contribution in [-0.2, 0) is 14.3 Å². The molecule has 5 heteroatoms. The van der Waals surface area contributed by atoms with Gasteiger partial charge in [-0.25, -0.2) is 0 Å². The summed E-state index contributed by atoms with van der Waals surface area (Å²) in [4.78, 5) is 29.8. The van der Waals surface area contributed by atoms with Crippen molar-refractivity contribution in [3.8, 4) is 0 Å². The summed E-state index contributed by atoms with van der Waals surface area (Å²) in [7, 11) is 0. The predicted molar refractivity (Wildman–Crippen MR) is 103 cm³/mol. The zero-order valence-corrected chi connectivity index (χ0v) is 16.1. The largest absolute Gasteiger partial charge is 0.356 e. The van der Waals surface area contributed by atoms with Crippen molar-refractivity contribution < 1.29 is 14.3 Å². The first-order valence-electron chi connectivity index (χ1n) is 9.97. The second kappa shape index (κ2) is 7.47. The molecule has 2 fully saturated rings. The van der Waals surface area contributed by atoms with Gasteiger partial charge in [0.25, 0.3) is 5.91 Å². The fraction of sp³-hybridized carbons (Fsp3) is 0.545. The minimum Gasteiger partial charge on any atom is -0.356 e. The number of hydrogen-bond donors (Lipinski definition) is 0. The lowest BCUT2D eigenvalue weighted by Crippen LogP contribution is -2.56. The molecule has 4 rings (SSSR count). The Hall–Kier alpha value is -2.14. The molecule has 144 valence electrons. The molecule has 3 aliphatic rings. The van der Waals surface area contributed by atoms with Gasteiger partial charge < -0.3 is 14.5 Å². The van der Waals surface area contributed by atoms with Crippen LogP contribution in [0.5, 0.6) is 0 Å². The van der Waals surface area contributed by atoms with Gasteiger partial charge in [-0.1, -0.05) is 42.5 Å². The smallest absolute Gasteiger partial charge is 0.254 e. The summed E-state index contributed by atoms with van der Waals surface area (Å²) in [6, 6.07) is 9.44. The first-order valence-corrected chi connectivity index (χ1v) is 9.97. The highest BCUT2D eigenvalue weighted by atomic mass is 16.5. The zero-order chi connectivity index (χ0) is 19.0. The van der Waals surface area contributed by atoms with Crippen LogP contribution in [-0.4, -0.2) is 53.5 Å². The van der Waals surface area contributed by atoms with Crippen molar-refractivity contribution in [3.63, 3.8) is 0 Å². The average Bonchev–Trinajstić information content (AvgIpc) is 3.12. The maximum atomic E-state index is 13.4. The van der Waals surface area contributed by atoms with E-state index in [1.54, 1.807) is 0 Å². The Balaban J connectivity index is 1.61. The highest BCUT2D eigenvalue weighted by molar-refractivity contribution is 5.87. The highest BCUT2D eigenvalue weighted by Gasteiger charge is 2.46. The number of carbonyl (C=O) groups is 2. The highest BCUT2D eigenvalue weighted by Crippen LogP contribution is 2.37. The van der Waals surface area contributed by atoms with Gasteiger partial charge in [-0.05, 0) is 44.1 Å². The van der Waals surface area contributed by atoms with E-state index in [4.69, 9.17) is 4.74 Å². The Morgan fingerprint density at radius 1 is 1.07 bits per heavy atom. The van der Waals surface area contributed by atoms with Crippen LogP contribution >= 0.6 is 0 Å². The van der Waals surface area contributed by atoms with Gasteiger partial charge in [-0.2, -0.15) is 0 Å². The lowest BCUT2D eigenvalue weighted by Gasteiger charge is -2.43. The number of benzene rings is 1. The number of nitrogens with zero attached hydrogens (tertiary/aromatic N) is 2. The number of fused-ring (bicyclic) bond motifs is 1. The number of allylic oxidation sites excluding steroid dienone is 2. The van der Waals surface area contributed by atoms with Crippen LogP contribution in [0, 0.1) is 11.8 Å². The topological polar surface area (TPSA) is 49.9 Å². The molecule has 0 radical (unpaired) electrons. The Bertz CT molecular complexity index is 714. The molecule has 0 saturated carbocycles. The monoisotopic (exact) mass is 368 g/mol. The van der Waals surface area contributed by atoms with Crippen LogP contribution in [0.4, 0.5) is 0 Å². The number of carbonyl (C=O) groups excluding carboxylic acids is 2. The van der Waals surface area contributed by atoms with E-state index < -0.39 is 6.10 Å². The molecule has 0 N–H and O–H groups in total.